The van der Waals surface area contributed by atoms with E-state index >= 15 is 0 Å². The molecule has 2 rings (SSSR count). The van der Waals surface area contributed by atoms with Crippen LogP contribution < -0.4 is 4.74 Å². The Morgan fingerprint density at radius 2 is 1.81 bits per heavy atom. The number of carbonyl (C=O) groups excluding carboxylic acids is 2. The average molecular weight is 214 g/mol. The predicted octanol–water partition coefficient (Wildman–Crippen LogP) is 1.79. The summed E-state index contributed by atoms with van der Waals surface area (Å²) in [5.41, 5.74) is 1.03. The van der Waals surface area contributed by atoms with Crippen molar-refractivity contribution in [3.63, 3.8) is 0 Å². The topological polar surface area (TPSA) is 43.4 Å². The van der Waals surface area contributed by atoms with Gasteiger partial charge >= 0.3 is 0 Å². The molecule has 0 fully saturated rings. The molecule has 1 aliphatic rings. The summed E-state index contributed by atoms with van der Waals surface area (Å²) >= 11 is 0. The maximum atomic E-state index is 11.6. The number of allylic oxidation sites excluding steroid dienone is 4. The van der Waals surface area contributed by atoms with E-state index in [9.17, 15) is 9.59 Å². The van der Waals surface area contributed by atoms with Crippen molar-refractivity contribution in [2.24, 2.45) is 0 Å². The van der Waals surface area contributed by atoms with Crippen LogP contribution >= 0.6 is 0 Å². The molecule has 0 aliphatic heterocycles. The lowest BCUT2D eigenvalue weighted by atomic mass is 9.96. The molecule has 0 saturated carbocycles. The summed E-state index contributed by atoms with van der Waals surface area (Å²) in [5, 5.41) is 0. The van der Waals surface area contributed by atoms with Gasteiger partial charge in [-0.1, -0.05) is 18.2 Å². The Bertz CT molecular complexity index is 510. The largest absolute Gasteiger partial charge is 0.496 e. The van der Waals surface area contributed by atoms with Gasteiger partial charge in [-0.05, 0) is 24.3 Å². The maximum absolute atomic E-state index is 11.6. The highest BCUT2D eigenvalue weighted by atomic mass is 16.5. The summed E-state index contributed by atoms with van der Waals surface area (Å²) < 4.78 is 5.15. The van der Waals surface area contributed by atoms with Crippen LogP contribution in [0.25, 0.3) is 5.57 Å². The van der Waals surface area contributed by atoms with E-state index in [-0.39, 0.29) is 11.6 Å². The minimum absolute atomic E-state index is 0.177. The van der Waals surface area contributed by atoms with Crippen molar-refractivity contribution in [1.82, 2.24) is 0 Å². The molecular weight excluding hydrogens is 204 g/mol. The molecule has 3 heteroatoms. The summed E-state index contributed by atoms with van der Waals surface area (Å²) in [6, 6.07) is 7.13. The van der Waals surface area contributed by atoms with E-state index in [0.29, 0.717) is 16.9 Å². The van der Waals surface area contributed by atoms with Crippen LogP contribution in [0, 0.1) is 0 Å². The third kappa shape index (κ3) is 1.80. The first-order valence-corrected chi connectivity index (χ1v) is 4.84. The minimum atomic E-state index is -0.180. The summed E-state index contributed by atoms with van der Waals surface area (Å²) in [4.78, 5) is 22.9. The van der Waals surface area contributed by atoms with Gasteiger partial charge in [0, 0.05) is 11.1 Å². The standard InChI is InChI=1S/C13H10O3/c1-16-13-5-3-2-4-10(13)11-8-9(14)6-7-12(11)15/h2-8H,1H3. The molecule has 1 aromatic rings. The first-order valence-electron chi connectivity index (χ1n) is 4.84. The van der Waals surface area contributed by atoms with Crippen LogP contribution in [-0.4, -0.2) is 18.7 Å². The van der Waals surface area contributed by atoms with Gasteiger partial charge in [-0.15, -0.1) is 0 Å². The summed E-state index contributed by atoms with van der Waals surface area (Å²) in [6.45, 7) is 0. The Labute approximate surface area is 93.0 Å². The molecule has 3 nitrogen and oxygen atoms in total. The average Bonchev–Trinajstić information content (AvgIpc) is 2.32. The Kier molecular flexibility index (Phi) is 2.68. The number of carbonyl (C=O) groups is 2. The monoisotopic (exact) mass is 214 g/mol. The van der Waals surface area contributed by atoms with Gasteiger partial charge in [-0.2, -0.15) is 0 Å². The first-order chi connectivity index (χ1) is 7.72. The highest BCUT2D eigenvalue weighted by Gasteiger charge is 2.17. The van der Waals surface area contributed by atoms with E-state index in [1.807, 2.05) is 6.07 Å². The van der Waals surface area contributed by atoms with Gasteiger partial charge < -0.3 is 4.74 Å². The quantitative estimate of drug-likeness (QED) is 0.705. The van der Waals surface area contributed by atoms with E-state index in [4.69, 9.17) is 4.74 Å². The Morgan fingerprint density at radius 3 is 2.56 bits per heavy atom. The lowest BCUT2D eigenvalue weighted by Crippen LogP contribution is -2.07. The SMILES string of the molecule is COc1ccccc1C1=CC(=O)C=CC1=O. The third-order valence-electron chi connectivity index (χ3n) is 2.35. The van der Waals surface area contributed by atoms with Crippen molar-refractivity contribution in [3.05, 3.63) is 48.1 Å². The van der Waals surface area contributed by atoms with E-state index in [1.165, 1.54) is 25.3 Å². The van der Waals surface area contributed by atoms with Gasteiger partial charge in [0.15, 0.2) is 11.6 Å². The van der Waals surface area contributed by atoms with Crippen LogP contribution in [0.15, 0.2) is 42.5 Å². The first kappa shape index (κ1) is 10.4. The van der Waals surface area contributed by atoms with Crippen molar-refractivity contribution in [2.75, 3.05) is 7.11 Å². The lowest BCUT2D eigenvalue weighted by molar-refractivity contribution is -0.113. The Morgan fingerprint density at radius 1 is 1.06 bits per heavy atom. The molecule has 1 aliphatic carbocycles. The number of ketones is 2. The van der Waals surface area contributed by atoms with E-state index in [0.717, 1.165) is 0 Å². The molecule has 0 spiro atoms. The fraction of sp³-hybridized carbons (Fsp3) is 0.0769. The second-order valence-electron chi connectivity index (χ2n) is 3.36. The molecule has 0 saturated heterocycles. The molecule has 0 amide bonds. The molecule has 0 bridgehead atoms. The van der Waals surface area contributed by atoms with Crippen LogP contribution in [0.3, 0.4) is 0 Å². The smallest absolute Gasteiger partial charge is 0.186 e. The molecule has 16 heavy (non-hydrogen) atoms. The van der Waals surface area contributed by atoms with Crippen LogP contribution in [-0.2, 0) is 9.59 Å². The van der Waals surface area contributed by atoms with E-state index in [2.05, 4.69) is 0 Å². The van der Waals surface area contributed by atoms with Gasteiger partial charge in [0.2, 0.25) is 0 Å². The molecule has 0 radical (unpaired) electrons. The van der Waals surface area contributed by atoms with Crippen LogP contribution in [0.2, 0.25) is 0 Å². The van der Waals surface area contributed by atoms with Gasteiger partial charge in [-0.3, -0.25) is 9.59 Å². The van der Waals surface area contributed by atoms with Crippen molar-refractivity contribution in [2.45, 2.75) is 0 Å². The molecule has 0 atom stereocenters. The number of ether oxygens (including phenoxy) is 1. The lowest BCUT2D eigenvalue weighted by Gasteiger charge is -2.11. The predicted molar refractivity (Wildman–Crippen MR) is 60.1 cm³/mol. The van der Waals surface area contributed by atoms with Crippen LogP contribution in [0.1, 0.15) is 5.56 Å². The summed E-state index contributed by atoms with van der Waals surface area (Å²) in [7, 11) is 1.53. The highest BCUT2D eigenvalue weighted by molar-refractivity contribution is 6.34. The third-order valence-corrected chi connectivity index (χ3v) is 2.35. The van der Waals surface area contributed by atoms with Crippen molar-refractivity contribution < 1.29 is 14.3 Å². The minimum Gasteiger partial charge on any atom is -0.496 e. The highest BCUT2D eigenvalue weighted by Crippen LogP contribution is 2.27. The van der Waals surface area contributed by atoms with Crippen molar-refractivity contribution >= 4 is 17.1 Å². The number of para-hydroxylation sites is 1. The fourth-order valence-electron chi connectivity index (χ4n) is 1.59. The van der Waals surface area contributed by atoms with Crippen LogP contribution in [0.4, 0.5) is 0 Å². The van der Waals surface area contributed by atoms with Gasteiger partial charge in [0.1, 0.15) is 5.75 Å². The van der Waals surface area contributed by atoms with Crippen LogP contribution in [0.5, 0.6) is 5.75 Å². The van der Waals surface area contributed by atoms with Gasteiger partial charge in [0.05, 0.1) is 7.11 Å². The fourth-order valence-corrected chi connectivity index (χ4v) is 1.59. The zero-order valence-electron chi connectivity index (χ0n) is 8.77. The normalized spacial score (nSPS) is 14.9. The van der Waals surface area contributed by atoms with E-state index in [1.54, 1.807) is 18.2 Å². The van der Waals surface area contributed by atoms with Crippen molar-refractivity contribution in [1.29, 1.82) is 0 Å². The summed E-state index contributed by atoms with van der Waals surface area (Å²) in [6.07, 6.45) is 3.88. The number of methoxy groups -OCH3 is 1. The number of benzene rings is 1. The molecule has 1 aromatic carbocycles. The molecule has 0 unspecified atom stereocenters. The molecular formula is C13H10O3. The molecule has 0 heterocycles. The van der Waals surface area contributed by atoms with E-state index < -0.39 is 0 Å². The maximum Gasteiger partial charge on any atom is 0.186 e. The number of hydrogen-bond acceptors (Lipinski definition) is 3. The van der Waals surface area contributed by atoms with Gasteiger partial charge in [-0.25, -0.2) is 0 Å². The second kappa shape index (κ2) is 4.14. The zero-order chi connectivity index (χ0) is 11.5. The van der Waals surface area contributed by atoms with Gasteiger partial charge in [0.25, 0.3) is 0 Å². The Balaban J connectivity index is 2.52. The summed E-state index contributed by atoms with van der Waals surface area (Å²) in [5.74, 6) is 0.231. The second-order valence-corrected chi connectivity index (χ2v) is 3.36. The number of rotatable bonds is 2. The molecule has 0 N–H and O–H groups in total. The Hall–Kier alpha value is -2.16. The zero-order valence-corrected chi connectivity index (χ0v) is 8.77. The molecule has 80 valence electrons. The number of hydrogen-bond donors (Lipinski definition) is 0. The molecule has 0 aromatic heterocycles. The van der Waals surface area contributed by atoms with Crippen molar-refractivity contribution in [3.8, 4) is 5.75 Å².